The largest absolute Gasteiger partial charge is 0.461 e. The summed E-state index contributed by atoms with van der Waals surface area (Å²) in [5, 5.41) is 4.06. The van der Waals surface area contributed by atoms with Crippen molar-refractivity contribution in [3.63, 3.8) is 0 Å². The zero-order chi connectivity index (χ0) is 14.7. The molecule has 2 rings (SSSR count). The van der Waals surface area contributed by atoms with Crippen LogP contribution in [0.15, 0.2) is 28.9 Å². The van der Waals surface area contributed by atoms with Gasteiger partial charge in [-0.05, 0) is 30.7 Å². The normalized spacial score (nSPS) is 10.6. The van der Waals surface area contributed by atoms with E-state index >= 15 is 0 Å². The third kappa shape index (κ3) is 3.36. The molecule has 0 saturated carbocycles. The van der Waals surface area contributed by atoms with Crippen molar-refractivity contribution < 1.29 is 13.9 Å². The van der Waals surface area contributed by atoms with Gasteiger partial charge in [-0.1, -0.05) is 15.9 Å². The number of nitrogen functional groups attached to an aromatic ring is 1. The molecule has 0 aliphatic heterocycles. The lowest BCUT2D eigenvalue weighted by Gasteiger charge is -2.03. The summed E-state index contributed by atoms with van der Waals surface area (Å²) in [4.78, 5) is 11.6. The van der Waals surface area contributed by atoms with E-state index in [2.05, 4.69) is 21.0 Å². The number of nitrogens with two attached hydrogens (primary N) is 1. The van der Waals surface area contributed by atoms with E-state index in [9.17, 15) is 9.18 Å². The number of anilines is 1. The van der Waals surface area contributed by atoms with Crippen LogP contribution in [0.5, 0.6) is 0 Å². The van der Waals surface area contributed by atoms with E-state index in [0.29, 0.717) is 16.6 Å². The SMILES string of the molecule is CCOC(=O)c1nn(Cc2cc(F)cc(Br)c2)cc1N. The van der Waals surface area contributed by atoms with Crippen molar-refractivity contribution in [2.45, 2.75) is 13.5 Å². The highest BCUT2D eigenvalue weighted by molar-refractivity contribution is 9.10. The van der Waals surface area contributed by atoms with Crippen LogP contribution in [0.1, 0.15) is 23.0 Å². The molecule has 7 heteroatoms. The smallest absolute Gasteiger partial charge is 0.361 e. The maximum atomic E-state index is 13.3. The molecule has 106 valence electrons. The molecule has 0 bridgehead atoms. The van der Waals surface area contributed by atoms with Crippen LogP contribution in [0.25, 0.3) is 0 Å². The molecule has 1 aromatic heterocycles. The number of esters is 1. The number of rotatable bonds is 4. The van der Waals surface area contributed by atoms with Gasteiger partial charge in [0, 0.05) is 10.7 Å². The Balaban J connectivity index is 2.22. The van der Waals surface area contributed by atoms with Crippen LogP contribution in [0.2, 0.25) is 0 Å². The van der Waals surface area contributed by atoms with Crippen LogP contribution in [-0.4, -0.2) is 22.4 Å². The Hall–Kier alpha value is -1.89. The van der Waals surface area contributed by atoms with Crippen LogP contribution < -0.4 is 5.73 Å². The van der Waals surface area contributed by atoms with Crippen molar-refractivity contribution in [2.75, 3.05) is 12.3 Å². The van der Waals surface area contributed by atoms with Crippen LogP contribution >= 0.6 is 15.9 Å². The van der Waals surface area contributed by atoms with Gasteiger partial charge in [-0.2, -0.15) is 5.10 Å². The summed E-state index contributed by atoms with van der Waals surface area (Å²) in [6.45, 7) is 2.26. The molecule has 0 spiro atoms. The van der Waals surface area contributed by atoms with Gasteiger partial charge in [0.15, 0.2) is 5.69 Å². The fourth-order valence-electron chi connectivity index (χ4n) is 1.77. The van der Waals surface area contributed by atoms with E-state index in [0.717, 1.165) is 0 Å². The summed E-state index contributed by atoms with van der Waals surface area (Å²) < 4.78 is 20.2. The van der Waals surface area contributed by atoms with E-state index in [1.807, 2.05) is 0 Å². The average Bonchev–Trinajstić information content (AvgIpc) is 2.69. The summed E-state index contributed by atoms with van der Waals surface area (Å²) in [5.41, 5.74) is 6.73. The van der Waals surface area contributed by atoms with Gasteiger partial charge in [0.1, 0.15) is 5.82 Å². The van der Waals surface area contributed by atoms with Crippen molar-refractivity contribution in [2.24, 2.45) is 0 Å². The van der Waals surface area contributed by atoms with Crippen molar-refractivity contribution in [3.8, 4) is 0 Å². The fourth-order valence-corrected chi connectivity index (χ4v) is 2.28. The Bertz CT molecular complexity index is 622. The topological polar surface area (TPSA) is 70.1 Å². The van der Waals surface area contributed by atoms with E-state index in [4.69, 9.17) is 10.5 Å². The number of benzene rings is 1. The Morgan fingerprint density at radius 1 is 1.50 bits per heavy atom. The highest BCUT2D eigenvalue weighted by Gasteiger charge is 2.16. The summed E-state index contributed by atoms with van der Waals surface area (Å²) in [5.74, 6) is -0.913. The second-order valence-electron chi connectivity index (χ2n) is 4.13. The summed E-state index contributed by atoms with van der Waals surface area (Å²) in [7, 11) is 0. The second-order valence-corrected chi connectivity index (χ2v) is 5.04. The average molecular weight is 342 g/mol. The third-order valence-corrected chi connectivity index (χ3v) is 2.98. The molecular weight excluding hydrogens is 329 g/mol. The zero-order valence-electron chi connectivity index (χ0n) is 10.8. The first-order valence-corrected chi connectivity index (χ1v) is 6.74. The first kappa shape index (κ1) is 14.5. The van der Waals surface area contributed by atoms with Gasteiger partial charge in [0.2, 0.25) is 0 Å². The Kier molecular flexibility index (Phi) is 4.39. The van der Waals surface area contributed by atoms with Crippen LogP contribution in [0.3, 0.4) is 0 Å². The molecule has 2 N–H and O–H groups in total. The standard InChI is InChI=1S/C13H13BrFN3O2/c1-2-20-13(19)12-11(16)7-18(17-12)6-8-3-9(14)5-10(15)4-8/h3-5,7H,2,6,16H2,1H3. The molecule has 0 fully saturated rings. The van der Waals surface area contributed by atoms with Gasteiger partial charge in [-0.15, -0.1) is 0 Å². The van der Waals surface area contributed by atoms with E-state index in [1.54, 1.807) is 13.0 Å². The number of halogens is 2. The van der Waals surface area contributed by atoms with Crippen molar-refractivity contribution in [1.29, 1.82) is 0 Å². The predicted octanol–water partition coefficient (Wildman–Crippen LogP) is 2.59. The lowest BCUT2D eigenvalue weighted by Crippen LogP contribution is -2.09. The van der Waals surface area contributed by atoms with Crippen molar-refractivity contribution in [3.05, 3.63) is 45.9 Å². The first-order valence-electron chi connectivity index (χ1n) is 5.94. The zero-order valence-corrected chi connectivity index (χ0v) is 12.4. The van der Waals surface area contributed by atoms with E-state index in [-0.39, 0.29) is 23.8 Å². The van der Waals surface area contributed by atoms with Gasteiger partial charge in [0.05, 0.1) is 18.8 Å². The number of hydrogen-bond donors (Lipinski definition) is 1. The molecule has 1 aromatic carbocycles. The molecule has 5 nitrogen and oxygen atoms in total. The van der Waals surface area contributed by atoms with Crippen LogP contribution in [0, 0.1) is 5.82 Å². The lowest BCUT2D eigenvalue weighted by molar-refractivity contribution is 0.0519. The van der Waals surface area contributed by atoms with Gasteiger partial charge in [-0.3, -0.25) is 4.68 Å². The number of aromatic nitrogens is 2. The molecule has 20 heavy (non-hydrogen) atoms. The summed E-state index contributed by atoms with van der Waals surface area (Å²) in [6.07, 6.45) is 1.52. The molecule has 0 radical (unpaired) electrons. The Morgan fingerprint density at radius 2 is 2.25 bits per heavy atom. The van der Waals surface area contributed by atoms with Crippen molar-refractivity contribution in [1.82, 2.24) is 9.78 Å². The number of carbonyl (C=O) groups is 1. The van der Waals surface area contributed by atoms with Crippen LogP contribution in [-0.2, 0) is 11.3 Å². The van der Waals surface area contributed by atoms with Gasteiger partial charge in [0.25, 0.3) is 0 Å². The first-order chi connectivity index (χ1) is 9.49. The van der Waals surface area contributed by atoms with Crippen molar-refractivity contribution >= 4 is 27.6 Å². The molecular formula is C13H13BrFN3O2. The fraction of sp³-hybridized carbons (Fsp3) is 0.231. The minimum atomic E-state index is -0.566. The molecule has 0 unspecified atom stereocenters. The molecule has 2 aromatic rings. The minimum absolute atomic E-state index is 0.0716. The maximum absolute atomic E-state index is 13.3. The predicted molar refractivity (Wildman–Crippen MR) is 75.8 cm³/mol. The number of hydrogen-bond acceptors (Lipinski definition) is 4. The van der Waals surface area contributed by atoms with E-state index < -0.39 is 5.97 Å². The number of ether oxygens (including phenoxy) is 1. The number of nitrogens with zero attached hydrogens (tertiary/aromatic N) is 2. The maximum Gasteiger partial charge on any atom is 0.361 e. The summed E-state index contributed by atoms with van der Waals surface area (Å²) >= 11 is 3.22. The van der Waals surface area contributed by atoms with Gasteiger partial charge >= 0.3 is 5.97 Å². The lowest BCUT2D eigenvalue weighted by atomic mass is 10.2. The highest BCUT2D eigenvalue weighted by atomic mass is 79.9. The molecule has 0 atom stereocenters. The minimum Gasteiger partial charge on any atom is -0.461 e. The quantitative estimate of drug-likeness (QED) is 0.867. The van der Waals surface area contributed by atoms with Gasteiger partial charge in [-0.25, -0.2) is 9.18 Å². The molecule has 1 heterocycles. The third-order valence-electron chi connectivity index (χ3n) is 2.53. The van der Waals surface area contributed by atoms with Crippen LogP contribution in [0.4, 0.5) is 10.1 Å². The molecule has 0 amide bonds. The molecule has 0 saturated heterocycles. The summed E-state index contributed by atoms with van der Waals surface area (Å²) in [6, 6.07) is 4.53. The molecule has 0 aliphatic rings. The van der Waals surface area contributed by atoms with Gasteiger partial charge < -0.3 is 10.5 Å². The highest BCUT2D eigenvalue weighted by Crippen LogP contribution is 2.17. The monoisotopic (exact) mass is 341 g/mol. The second kappa shape index (κ2) is 6.04. The Labute approximate surface area is 123 Å². The Morgan fingerprint density at radius 3 is 2.90 bits per heavy atom. The number of carbonyl (C=O) groups excluding carboxylic acids is 1. The van der Waals surface area contributed by atoms with E-state index in [1.165, 1.54) is 23.0 Å². The molecule has 0 aliphatic carbocycles.